The van der Waals surface area contributed by atoms with Gasteiger partial charge in [0.05, 0.1) is 11.0 Å². The van der Waals surface area contributed by atoms with Crippen LogP contribution in [0.2, 0.25) is 0 Å². The molecular weight excluding hydrogens is 551 g/mol. The van der Waals surface area contributed by atoms with Gasteiger partial charge in [-0.3, -0.25) is 0 Å². The Morgan fingerprint density at radius 1 is 0.364 bits per heavy atom. The second-order valence-corrected chi connectivity index (χ2v) is 12.7. The zero-order valence-corrected chi connectivity index (χ0v) is 24.6. The maximum Gasteiger partial charge on any atom is 0.0547 e. The van der Waals surface area contributed by atoms with Gasteiger partial charge in [0.1, 0.15) is 0 Å². The molecule has 0 atom stereocenters. The van der Waals surface area contributed by atoms with Crippen molar-refractivity contribution in [1.29, 1.82) is 0 Å². The number of nitrogens with zero attached hydrogens (tertiary/aromatic N) is 1. The molecule has 0 N–H and O–H groups in total. The van der Waals surface area contributed by atoms with Crippen molar-refractivity contribution in [2.75, 3.05) is 0 Å². The first-order chi connectivity index (χ1) is 21.8. The average Bonchev–Trinajstić information content (AvgIpc) is 3.64. The van der Waals surface area contributed by atoms with Crippen molar-refractivity contribution < 1.29 is 0 Å². The van der Waals surface area contributed by atoms with Gasteiger partial charge in [-0.05, 0) is 73.8 Å². The van der Waals surface area contributed by atoms with Crippen LogP contribution in [0.1, 0.15) is 0 Å². The number of fused-ring (bicyclic) bond motifs is 12. The van der Waals surface area contributed by atoms with Crippen molar-refractivity contribution in [3.63, 3.8) is 0 Å². The van der Waals surface area contributed by atoms with Gasteiger partial charge >= 0.3 is 0 Å². The smallest absolute Gasteiger partial charge is 0.0547 e. The molecule has 0 fully saturated rings. The maximum absolute atomic E-state index is 2.46. The molecule has 0 aliphatic carbocycles. The molecule has 44 heavy (non-hydrogen) atoms. The standard InChI is InChI=1S/C42H25NS/c1-2-12-31-29(10-1)30-11-3-4-13-32(30)38-25-27(21-23-33(31)38)43-39-18-7-5-14-34(39)35-22-20-26(24-40(35)43)28-16-9-17-37-36-15-6-8-19-41(36)44-42(28)37/h1-25H. The van der Waals surface area contributed by atoms with Gasteiger partial charge in [-0.25, -0.2) is 0 Å². The lowest BCUT2D eigenvalue weighted by Gasteiger charge is -2.14. The summed E-state index contributed by atoms with van der Waals surface area (Å²) in [5.41, 5.74) is 6.17. The molecule has 8 aromatic carbocycles. The van der Waals surface area contributed by atoms with E-state index < -0.39 is 0 Å². The number of rotatable bonds is 2. The molecule has 204 valence electrons. The van der Waals surface area contributed by atoms with Crippen LogP contribution in [0, 0.1) is 0 Å². The minimum absolute atomic E-state index is 1.18. The minimum atomic E-state index is 1.18. The van der Waals surface area contributed by atoms with E-state index in [1.807, 2.05) is 11.3 Å². The van der Waals surface area contributed by atoms with Crippen molar-refractivity contribution in [2.45, 2.75) is 0 Å². The van der Waals surface area contributed by atoms with E-state index in [-0.39, 0.29) is 0 Å². The highest BCUT2D eigenvalue weighted by Crippen LogP contribution is 2.42. The van der Waals surface area contributed by atoms with Crippen LogP contribution in [0.4, 0.5) is 0 Å². The SMILES string of the molecule is c1ccc2c(c1)sc1c(-c3ccc4c5ccccc5n(-c5ccc6c7ccccc7c7ccccc7c6c5)c4c3)cccc12. The largest absolute Gasteiger partial charge is 0.309 e. The maximum atomic E-state index is 2.46. The van der Waals surface area contributed by atoms with Crippen molar-refractivity contribution >= 4 is 85.6 Å². The Kier molecular flexibility index (Phi) is 4.94. The molecule has 2 aromatic heterocycles. The molecule has 0 spiro atoms. The topological polar surface area (TPSA) is 4.93 Å². The predicted molar refractivity (Wildman–Crippen MR) is 192 cm³/mol. The van der Waals surface area contributed by atoms with Gasteiger partial charge in [-0.15, -0.1) is 11.3 Å². The van der Waals surface area contributed by atoms with Gasteiger partial charge in [0.25, 0.3) is 0 Å². The normalized spacial score (nSPS) is 12.1. The van der Waals surface area contributed by atoms with Crippen LogP contribution in [0.25, 0.3) is 91.1 Å². The van der Waals surface area contributed by atoms with E-state index in [1.54, 1.807) is 0 Å². The quantitative estimate of drug-likeness (QED) is 0.181. The Balaban J connectivity index is 1.28. The lowest BCUT2D eigenvalue weighted by molar-refractivity contribution is 1.19. The summed E-state index contributed by atoms with van der Waals surface area (Å²) in [5, 5.41) is 13.0. The predicted octanol–water partition coefficient (Wildman–Crippen LogP) is 12.3. The zero-order chi connectivity index (χ0) is 28.8. The van der Waals surface area contributed by atoms with Gasteiger partial charge in [0.2, 0.25) is 0 Å². The molecule has 0 aliphatic heterocycles. The second kappa shape index (κ2) is 9.03. The zero-order valence-electron chi connectivity index (χ0n) is 23.8. The van der Waals surface area contributed by atoms with E-state index >= 15 is 0 Å². The molecule has 0 radical (unpaired) electrons. The fraction of sp³-hybridized carbons (Fsp3) is 0. The Hall–Kier alpha value is -5.44. The van der Waals surface area contributed by atoms with Crippen LogP contribution in [-0.2, 0) is 0 Å². The van der Waals surface area contributed by atoms with Crippen LogP contribution < -0.4 is 0 Å². The van der Waals surface area contributed by atoms with Crippen LogP contribution >= 0.6 is 11.3 Å². The van der Waals surface area contributed by atoms with E-state index in [0.29, 0.717) is 0 Å². The Bertz CT molecular complexity index is 2740. The molecule has 0 amide bonds. The van der Waals surface area contributed by atoms with E-state index in [9.17, 15) is 0 Å². The van der Waals surface area contributed by atoms with Crippen molar-refractivity contribution in [3.8, 4) is 16.8 Å². The first-order valence-corrected chi connectivity index (χ1v) is 15.9. The number of benzene rings is 8. The first-order valence-electron chi connectivity index (χ1n) is 15.1. The van der Waals surface area contributed by atoms with Crippen LogP contribution in [-0.4, -0.2) is 4.57 Å². The van der Waals surface area contributed by atoms with Crippen molar-refractivity contribution in [2.24, 2.45) is 0 Å². The van der Waals surface area contributed by atoms with Crippen LogP contribution in [0.5, 0.6) is 0 Å². The van der Waals surface area contributed by atoms with Crippen LogP contribution in [0.15, 0.2) is 152 Å². The third-order valence-electron chi connectivity index (χ3n) is 9.38. The highest BCUT2D eigenvalue weighted by molar-refractivity contribution is 7.26. The fourth-order valence-corrected chi connectivity index (χ4v) is 8.66. The molecule has 0 unspecified atom stereocenters. The van der Waals surface area contributed by atoms with Gasteiger partial charge < -0.3 is 4.57 Å². The highest BCUT2D eigenvalue weighted by atomic mass is 32.1. The average molecular weight is 576 g/mol. The van der Waals surface area contributed by atoms with E-state index in [2.05, 4.69) is 156 Å². The Labute approximate surface area is 257 Å². The molecule has 0 saturated carbocycles. The van der Waals surface area contributed by atoms with Gasteiger partial charge in [-0.2, -0.15) is 0 Å². The lowest BCUT2D eigenvalue weighted by atomic mass is 9.94. The van der Waals surface area contributed by atoms with Gasteiger partial charge in [0, 0.05) is 36.6 Å². The summed E-state index contributed by atoms with van der Waals surface area (Å²) in [5.74, 6) is 0. The molecule has 1 nitrogen and oxygen atoms in total. The molecule has 10 rings (SSSR count). The van der Waals surface area contributed by atoms with Gasteiger partial charge in [-0.1, -0.05) is 121 Å². The van der Waals surface area contributed by atoms with E-state index in [0.717, 1.165) is 0 Å². The Morgan fingerprint density at radius 2 is 0.932 bits per heavy atom. The van der Waals surface area contributed by atoms with E-state index in [4.69, 9.17) is 0 Å². The summed E-state index contributed by atoms with van der Waals surface area (Å²) in [4.78, 5) is 0. The molecule has 10 aromatic rings. The molecule has 0 aliphatic rings. The van der Waals surface area contributed by atoms with Crippen molar-refractivity contribution in [3.05, 3.63) is 152 Å². The van der Waals surface area contributed by atoms with E-state index in [1.165, 1.54) is 91.1 Å². The fourth-order valence-electron chi connectivity index (χ4n) is 7.43. The molecule has 0 saturated heterocycles. The summed E-state index contributed by atoms with van der Waals surface area (Å²) in [6.45, 7) is 0. The highest BCUT2D eigenvalue weighted by Gasteiger charge is 2.17. The minimum Gasteiger partial charge on any atom is -0.309 e. The van der Waals surface area contributed by atoms with Crippen molar-refractivity contribution in [1.82, 2.24) is 4.57 Å². The number of hydrogen-bond acceptors (Lipinski definition) is 1. The number of para-hydroxylation sites is 1. The Morgan fingerprint density at radius 3 is 1.70 bits per heavy atom. The summed E-state index contributed by atoms with van der Waals surface area (Å²) < 4.78 is 5.14. The monoisotopic (exact) mass is 575 g/mol. The second-order valence-electron chi connectivity index (χ2n) is 11.7. The third kappa shape index (κ3) is 3.29. The molecule has 0 bridgehead atoms. The third-order valence-corrected chi connectivity index (χ3v) is 10.6. The number of thiophene rings is 1. The summed E-state index contributed by atoms with van der Waals surface area (Å²) in [6, 6.07) is 56.0. The lowest BCUT2D eigenvalue weighted by Crippen LogP contribution is -1.95. The summed E-state index contributed by atoms with van der Waals surface area (Å²) in [6.07, 6.45) is 0. The summed E-state index contributed by atoms with van der Waals surface area (Å²) >= 11 is 1.89. The number of aromatic nitrogens is 1. The first kappa shape index (κ1) is 24.0. The van der Waals surface area contributed by atoms with Crippen LogP contribution in [0.3, 0.4) is 0 Å². The molecule has 2 heterocycles. The molecule has 2 heteroatoms. The van der Waals surface area contributed by atoms with Gasteiger partial charge in [0.15, 0.2) is 0 Å². The molecular formula is C42H25NS. The summed E-state index contributed by atoms with van der Waals surface area (Å²) in [7, 11) is 0. The number of hydrogen-bond donors (Lipinski definition) is 0.